The number of fused-ring (bicyclic) bond motifs is 1. The highest BCUT2D eigenvalue weighted by Crippen LogP contribution is 2.21. The molecule has 0 aliphatic heterocycles. The van der Waals surface area contributed by atoms with Crippen LogP contribution in [0.15, 0.2) is 42.6 Å². The van der Waals surface area contributed by atoms with Crippen LogP contribution in [-0.4, -0.2) is 27.2 Å². The molecule has 1 unspecified atom stereocenters. The van der Waals surface area contributed by atoms with Crippen LogP contribution in [-0.2, 0) is 0 Å². The highest BCUT2D eigenvalue weighted by atomic mass is 16.1. The highest BCUT2D eigenvalue weighted by molar-refractivity contribution is 5.98. The Morgan fingerprint density at radius 2 is 1.96 bits per heavy atom. The lowest BCUT2D eigenvalue weighted by atomic mass is 9.96. The molecule has 2 heterocycles. The van der Waals surface area contributed by atoms with E-state index in [0.29, 0.717) is 18.0 Å². The molecular weight excluding hydrogens is 324 g/mol. The van der Waals surface area contributed by atoms with Crippen LogP contribution in [0.3, 0.4) is 0 Å². The number of hydrogen-bond acceptors (Lipinski definition) is 3. The fourth-order valence-electron chi connectivity index (χ4n) is 3.21. The molecule has 1 N–H and O–H groups in total. The first-order chi connectivity index (χ1) is 12.5. The predicted octanol–water partition coefficient (Wildman–Crippen LogP) is 4.24. The van der Waals surface area contributed by atoms with Gasteiger partial charge in [-0.15, -0.1) is 0 Å². The summed E-state index contributed by atoms with van der Waals surface area (Å²) in [6, 6.07) is 12.4. The Morgan fingerprint density at radius 3 is 2.62 bits per heavy atom. The zero-order valence-electron chi connectivity index (χ0n) is 15.9. The molecule has 3 aromatic rings. The van der Waals surface area contributed by atoms with Gasteiger partial charge in [0, 0.05) is 23.9 Å². The lowest BCUT2D eigenvalue weighted by Gasteiger charge is -2.16. The minimum atomic E-state index is -0.0800. The molecule has 0 spiro atoms. The van der Waals surface area contributed by atoms with Gasteiger partial charge in [-0.05, 0) is 38.8 Å². The molecule has 1 amide bonds. The van der Waals surface area contributed by atoms with Crippen molar-refractivity contribution in [3.8, 4) is 0 Å². The number of carbonyl (C=O) groups is 1. The van der Waals surface area contributed by atoms with Crippen molar-refractivity contribution in [2.24, 2.45) is 0 Å². The van der Waals surface area contributed by atoms with Crippen molar-refractivity contribution in [3.05, 3.63) is 59.4 Å². The van der Waals surface area contributed by atoms with Crippen LogP contribution in [0.5, 0.6) is 0 Å². The molecule has 136 valence electrons. The number of aryl methyl sites for hydroxylation is 1. The summed E-state index contributed by atoms with van der Waals surface area (Å²) in [5.74, 6) is 0.226. The molecule has 26 heavy (non-hydrogen) atoms. The summed E-state index contributed by atoms with van der Waals surface area (Å²) in [4.78, 5) is 17.3. The van der Waals surface area contributed by atoms with Crippen molar-refractivity contribution in [2.75, 3.05) is 6.54 Å². The molecule has 2 aromatic heterocycles. The molecule has 3 rings (SSSR count). The van der Waals surface area contributed by atoms with E-state index in [4.69, 9.17) is 0 Å². The quantitative estimate of drug-likeness (QED) is 0.723. The number of nitrogens with zero attached hydrogens (tertiary/aromatic N) is 3. The Hall–Kier alpha value is -2.69. The van der Waals surface area contributed by atoms with E-state index in [1.165, 1.54) is 5.56 Å². The van der Waals surface area contributed by atoms with E-state index in [1.807, 2.05) is 35.9 Å². The number of carbonyl (C=O) groups excluding carboxylic acids is 1. The molecule has 0 saturated heterocycles. The van der Waals surface area contributed by atoms with Gasteiger partial charge in [0.2, 0.25) is 0 Å². The number of rotatable bonds is 6. The smallest absolute Gasteiger partial charge is 0.253 e. The van der Waals surface area contributed by atoms with Crippen LogP contribution in [0.25, 0.3) is 11.0 Å². The molecular formula is C21H26N4O. The third-order valence-corrected chi connectivity index (χ3v) is 4.77. The largest absolute Gasteiger partial charge is 0.351 e. The van der Waals surface area contributed by atoms with Crippen LogP contribution in [0.2, 0.25) is 0 Å². The average Bonchev–Trinajstić information content (AvgIpc) is 3.05. The van der Waals surface area contributed by atoms with E-state index in [2.05, 4.69) is 48.3 Å². The number of nitrogens with one attached hydrogen (secondary N) is 1. The summed E-state index contributed by atoms with van der Waals surface area (Å²) in [5.41, 5.74) is 3.41. The lowest BCUT2D eigenvalue weighted by Crippen LogP contribution is -2.29. The fraction of sp³-hybridized carbons (Fsp3) is 0.381. The second-order valence-electron chi connectivity index (χ2n) is 6.94. The Kier molecular flexibility index (Phi) is 5.35. The Balaban J connectivity index is 1.78. The normalized spacial score (nSPS) is 12.5. The van der Waals surface area contributed by atoms with E-state index in [9.17, 15) is 4.79 Å². The first kappa shape index (κ1) is 18.1. The zero-order chi connectivity index (χ0) is 18.7. The Labute approximate surface area is 154 Å². The topological polar surface area (TPSA) is 59.8 Å². The molecule has 5 nitrogen and oxygen atoms in total. The minimum absolute atomic E-state index is 0.0800. The monoisotopic (exact) mass is 350 g/mol. The van der Waals surface area contributed by atoms with E-state index in [-0.39, 0.29) is 11.9 Å². The van der Waals surface area contributed by atoms with Crippen molar-refractivity contribution < 1.29 is 4.79 Å². The minimum Gasteiger partial charge on any atom is -0.351 e. The van der Waals surface area contributed by atoms with E-state index >= 15 is 0 Å². The molecule has 0 aliphatic rings. The molecule has 0 aliphatic carbocycles. The molecule has 1 atom stereocenters. The molecule has 1 aromatic carbocycles. The van der Waals surface area contributed by atoms with Gasteiger partial charge in [-0.2, -0.15) is 5.10 Å². The van der Waals surface area contributed by atoms with Crippen molar-refractivity contribution in [1.82, 2.24) is 20.1 Å². The molecule has 0 radical (unpaired) electrons. The second-order valence-corrected chi connectivity index (χ2v) is 6.94. The molecule has 5 heteroatoms. The van der Waals surface area contributed by atoms with Crippen molar-refractivity contribution in [3.63, 3.8) is 0 Å². The Bertz CT molecular complexity index is 899. The number of benzene rings is 1. The third kappa shape index (κ3) is 3.62. The van der Waals surface area contributed by atoms with Gasteiger partial charge in [-0.25, -0.2) is 9.67 Å². The summed E-state index contributed by atoms with van der Waals surface area (Å²) in [5, 5.41) is 8.36. The van der Waals surface area contributed by atoms with E-state index < -0.39 is 0 Å². The first-order valence-electron chi connectivity index (χ1n) is 9.19. The van der Waals surface area contributed by atoms with E-state index in [0.717, 1.165) is 23.1 Å². The van der Waals surface area contributed by atoms with Crippen molar-refractivity contribution in [1.29, 1.82) is 0 Å². The van der Waals surface area contributed by atoms with Gasteiger partial charge in [-0.3, -0.25) is 4.79 Å². The Morgan fingerprint density at radius 1 is 1.23 bits per heavy atom. The van der Waals surface area contributed by atoms with Gasteiger partial charge >= 0.3 is 0 Å². The predicted molar refractivity (Wildman–Crippen MR) is 104 cm³/mol. The van der Waals surface area contributed by atoms with Gasteiger partial charge in [0.15, 0.2) is 5.65 Å². The molecule has 0 fully saturated rings. The van der Waals surface area contributed by atoms with Gasteiger partial charge in [0.25, 0.3) is 5.91 Å². The van der Waals surface area contributed by atoms with Crippen LogP contribution in [0.1, 0.15) is 60.8 Å². The van der Waals surface area contributed by atoms with Gasteiger partial charge in [0.1, 0.15) is 0 Å². The fourth-order valence-corrected chi connectivity index (χ4v) is 3.21. The van der Waals surface area contributed by atoms with Crippen LogP contribution >= 0.6 is 0 Å². The number of pyridine rings is 1. The SMILES string of the molecule is CCC(CNC(=O)c1cc2cnn(C(C)C)c2nc1C)c1ccccc1. The molecule has 0 saturated carbocycles. The van der Waals surface area contributed by atoms with Gasteiger partial charge in [-0.1, -0.05) is 37.3 Å². The van der Waals surface area contributed by atoms with Crippen molar-refractivity contribution >= 4 is 16.9 Å². The van der Waals surface area contributed by atoms with Gasteiger partial charge in [0.05, 0.1) is 17.5 Å². The summed E-state index contributed by atoms with van der Waals surface area (Å²) in [6.45, 7) is 8.77. The highest BCUT2D eigenvalue weighted by Gasteiger charge is 2.17. The maximum atomic E-state index is 12.7. The standard InChI is InChI=1S/C21H26N4O/c1-5-16(17-9-7-6-8-10-17)12-22-21(26)19-11-18-13-23-25(14(2)3)20(18)24-15(19)4/h6-11,13-14,16H,5,12H2,1-4H3,(H,22,26). The van der Waals surface area contributed by atoms with Crippen LogP contribution in [0, 0.1) is 6.92 Å². The molecule has 0 bridgehead atoms. The van der Waals surface area contributed by atoms with E-state index in [1.54, 1.807) is 6.20 Å². The summed E-state index contributed by atoms with van der Waals surface area (Å²) in [7, 11) is 0. The summed E-state index contributed by atoms with van der Waals surface area (Å²) >= 11 is 0. The summed E-state index contributed by atoms with van der Waals surface area (Å²) in [6.07, 6.45) is 2.75. The maximum absolute atomic E-state index is 12.7. The maximum Gasteiger partial charge on any atom is 0.253 e. The third-order valence-electron chi connectivity index (χ3n) is 4.77. The number of amides is 1. The first-order valence-corrected chi connectivity index (χ1v) is 9.19. The van der Waals surface area contributed by atoms with Crippen LogP contribution < -0.4 is 5.32 Å². The van der Waals surface area contributed by atoms with Crippen LogP contribution in [0.4, 0.5) is 0 Å². The lowest BCUT2D eigenvalue weighted by molar-refractivity contribution is 0.0950. The van der Waals surface area contributed by atoms with Gasteiger partial charge < -0.3 is 5.32 Å². The number of hydrogen-bond donors (Lipinski definition) is 1. The van der Waals surface area contributed by atoms with Crippen molar-refractivity contribution in [2.45, 2.75) is 46.1 Å². The zero-order valence-corrected chi connectivity index (χ0v) is 15.9. The summed E-state index contributed by atoms with van der Waals surface area (Å²) < 4.78 is 1.88. The average molecular weight is 350 g/mol. The number of aromatic nitrogens is 3. The second kappa shape index (κ2) is 7.68.